The molecule has 180 valence electrons. The first-order valence-electron chi connectivity index (χ1n) is 11.7. The molecule has 8 heteroatoms. The van der Waals surface area contributed by atoms with Crippen LogP contribution in [0.25, 0.3) is 16.8 Å². The molecule has 34 heavy (non-hydrogen) atoms. The van der Waals surface area contributed by atoms with E-state index in [-0.39, 0.29) is 6.09 Å². The highest BCUT2D eigenvalue weighted by molar-refractivity contribution is 5.88. The highest BCUT2D eigenvalue weighted by Crippen LogP contribution is 2.23. The van der Waals surface area contributed by atoms with Gasteiger partial charge in [-0.2, -0.15) is 0 Å². The molecule has 0 bridgehead atoms. The zero-order valence-electron chi connectivity index (χ0n) is 20.3. The molecule has 1 saturated heterocycles. The standard InChI is InChI=1S/C26H32N4O4/c1-5-33-24(31)22-18-30-17-21(9-10-23(30)27-22)20-8-6-7-19(15-20)16-28-11-13-29(14-12-28)25(32)34-26(2,3)4/h6-10,15,17-18H,5,11-14,16H2,1-4H3. The lowest BCUT2D eigenvalue weighted by molar-refractivity contribution is 0.0139. The number of carbonyl (C=O) groups excluding carboxylic acids is 2. The van der Waals surface area contributed by atoms with Gasteiger partial charge in [0, 0.05) is 45.1 Å². The lowest BCUT2D eigenvalue weighted by Crippen LogP contribution is -2.49. The van der Waals surface area contributed by atoms with Crippen molar-refractivity contribution < 1.29 is 19.1 Å². The van der Waals surface area contributed by atoms with Crippen LogP contribution in [0.2, 0.25) is 0 Å². The number of piperazine rings is 1. The van der Waals surface area contributed by atoms with Crippen LogP contribution in [0.5, 0.6) is 0 Å². The number of esters is 1. The van der Waals surface area contributed by atoms with Crippen LogP contribution in [-0.2, 0) is 16.0 Å². The first-order chi connectivity index (χ1) is 16.2. The minimum absolute atomic E-state index is 0.241. The maximum Gasteiger partial charge on any atom is 0.410 e. The summed E-state index contributed by atoms with van der Waals surface area (Å²) in [6.45, 7) is 11.5. The molecule has 0 atom stereocenters. The predicted molar refractivity (Wildman–Crippen MR) is 130 cm³/mol. The molecule has 0 saturated carbocycles. The maximum atomic E-state index is 12.3. The molecular formula is C26H32N4O4. The fraction of sp³-hybridized carbons (Fsp3) is 0.423. The summed E-state index contributed by atoms with van der Waals surface area (Å²) < 4.78 is 12.4. The lowest BCUT2D eigenvalue weighted by Gasteiger charge is -2.35. The van der Waals surface area contributed by atoms with Crippen LogP contribution in [0.15, 0.2) is 48.8 Å². The van der Waals surface area contributed by atoms with Gasteiger partial charge in [0.05, 0.1) is 6.61 Å². The Balaban J connectivity index is 1.41. The van der Waals surface area contributed by atoms with Gasteiger partial charge in [-0.05, 0) is 62.6 Å². The molecule has 2 aromatic heterocycles. The number of aromatic nitrogens is 2. The first-order valence-corrected chi connectivity index (χ1v) is 11.7. The normalized spacial score (nSPS) is 14.9. The highest BCUT2D eigenvalue weighted by atomic mass is 16.6. The SMILES string of the molecule is CCOC(=O)c1cn2cc(-c3cccc(CN4CCN(C(=O)OC(C)(C)C)CC4)c3)ccc2n1. The quantitative estimate of drug-likeness (QED) is 0.526. The number of pyridine rings is 1. The molecule has 1 amide bonds. The van der Waals surface area contributed by atoms with Crippen LogP contribution in [0.3, 0.4) is 0 Å². The van der Waals surface area contributed by atoms with Crippen molar-refractivity contribution in [3.05, 3.63) is 60.0 Å². The topological polar surface area (TPSA) is 76.4 Å². The van der Waals surface area contributed by atoms with E-state index in [1.54, 1.807) is 18.0 Å². The Hall–Kier alpha value is -3.39. The average Bonchev–Trinajstić information content (AvgIpc) is 3.22. The average molecular weight is 465 g/mol. The van der Waals surface area contributed by atoms with Gasteiger partial charge in [-0.25, -0.2) is 14.6 Å². The Kier molecular flexibility index (Phi) is 6.88. The summed E-state index contributed by atoms with van der Waals surface area (Å²) in [5.74, 6) is -0.415. The van der Waals surface area contributed by atoms with Crippen molar-refractivity contribution in [2.24, 2.45) is 0 Å². The van der Waals surface area contributed by atoms with E-state index in [1.165, 1.54) is 5.56 Å². The molecule has 0 spiro atoms. The lowest BCUT2D eigenvalue weighted by atomic mass is 10.0. The number of fused-ring (bicyclic) bond motifs is 1. The van der Waals surface area contributed by atoms with Gasteiger partial charge in [-0.15, -0.1) is 0 Å². The number of rotatable bonds is 5. The Bertz CT molecular complexity index is 1170. The van der Waals surface area contributed by atoms with E-state index < -0.39 is 11.6 Å². The van der Waals surface area contributed by atoms with Crippen molar-refractivity contribution in [2.45, 2.75) is 39.8 Å². The molecular weight excluding hydrogens is 432 g/mol. The highest BCUT2D eigenvalue weighted by Gasteiger charge is 2.25. The van der Waals surface area contributed by atoms with Crippen molar-refractivity contribution >= 4 is 17.7 Å². The maximum absolute atomic E-state index is 12.3. The third-order valence-corrected chi connectivity index (χ3v) is 5.63. The van der Waals surface area contributed by atoms with E-state index in [0.29, 0.717) is 31.0 Å². The third-order valence-electron chi connectivity index (χ3n) is 5.63. The summed E-state index contributed by atoms with van der Waals surface area (Å²) in [6, 6.07) is 12.4. The van der Waals surface area contributed by atoms with Crippen LogP contribution in [-0.4, -0.2) is 69.6 Å². The number of amides is 1. The van der Waals surface area contributed by atoms with Crippen molar-refractivity contribution in [1.82, 2.24) is 19.2 Å². The van der Waals surface area contributed by atoms with Crippen molar-refractivity contribution in [3.8, 4) is 11.1 Å². The number of hydrogen-bond donors (Lipinski definition) is 0. The Morgan fingerprint density at radius 3 is 2.47 bits per heavy atom. The Morgan fingerprint density at radius 2 is 1.76 bits per heavy atom. The Morgan fingerprint density at radius 1 is 1.00 bits per heavy atom. The van der Waals surface area contributed by atoms with Crippen molar-refractivity contribution in [3.63, 3.8) is 0 Å². The van der Waals surface area contributed by atoms with Gasteiger partial charge in [0.25, 0.3) is 0 Å². The van der Waals surface area contributed by atoms with Gasteiger partial charge in [0.2, 0.25) is 0 Å². The fourth-order valence-corrected chi connectivity index (χ4v) is 3.99. The van der Waals surface area contributed by atoms with E-state index >= 15 is 0 Å². The van der Waals surface area contributed by atoms with Gasteiger partial charge in [0.1, 0.15) is 11.2 Å². The van der Waals surface area contributed by atoms with Gasteiger partial charge >= 0.3 is 12.1 Å². The first kappa shape index (κ1) is 23.8. The minimum atomic E-state index is -0.477. The van der Waals surface area contributed by atoms with E-state index in [4.69, 9.17) is 9.47 Å². The number of benzene rings is 1. The largest absolute Gasteiger partial charge is 0.461 e. The van der Waals surface area contributed by atoms with Crippen LogP contribution in [0.1, 0.15) is 43.7 Å². The molecule has 1 aliphatic heterocycles. The molecule has 1 aliphatic rings. The summed E-state index contributed by atoms with van der Waals surface area (Å²) in [5, 5.41) is 0. The summed E-state index contributed by atoms with van der Waals surface area (Å²) in [5.41, 5.74) is 3.87. The second kappa shape index (κ2) is 9.85. The molecule has 3 aromatic rings. The molecule has 0 unspecified atom stereocenters. The monoisotopic (exact) mass is 464 g/mol. The van der Waals surface area contributed by atoms with Crippen LogP contribution in [0, 0.1) is 0 Å². The van der Waals surface area contributed by atoms with Crippen molar-refractivity contribution in [1.29, 1.82) is 0 Å². The number of hydrogen-bond acceptors (Lipinski definition) is 6. The van der Waals surface area contributed by atoms with E-state index in [9.17, 15) is 9.59 Å². The molecule has 8 nitrogen and oxygen atoms in total. The third kappa shape index (κ3) is 5.75. The van der Waals surface area contributed by atoms with Gasteiger partial charge in [-0.1, -0.05) is 18.2 Å². The smallest absolute Gasteiger partial charge is 0.410 e. The van der Waals surface area contributed by atoms with E-state index in [2.05, 4.69) is 34.1 Å². The van der Waals surface area contributed by atoms with Crippen molar-refractivity contribution in [2.75, 3.05) is 32.8 Å². The van der Waals surface area contributed by atoms with E-state index in [0.717, 1.165) is 30.8 Å². The van der Waals surface area contributed by atoms with Gasteiger partial charge in [-0.3, -0.25) is 4.90 Å². The number of ether oxygens (including phenoxy) is 2. The molecule has 0 N–H and O–H groups in total. The van der Waals surface area contributed by atoms with Gasteiger partial charge < -0.3 is 18.8 Å². The number of carbonyl (C=O) groups is 2. The zero-order chi connectivity index (χ0) is 24.3. The summed E-state index contributed by atoms with van der Waals surface area (Å²) in [4.78, 5) is 32.8. The zero-order valence-corrected chi connectivity index (χ0v) is 20.3. The minimum Gasteiger partial charge on any atom is -0.461 e. The molecule has 0 radical (unpaired) electrons. The number of imidazole rings is 1. The second-order valence-corrected chi connectivity index (χ2v) is 9.47. The van der Waals surface area contributed by atoms with Crippen LogP contribution in [0.4, 0.5) is 4.79 Å². The fourth-order valence-electron chi connectivity index (χ4n) is 3.99. The number of nitrogens with zero attached hydrogens (tertiary/aromatic N) is 4. The second-order valence-electron chi connectivity index (χ2n) is 9.47. The summed E-state index contributed by atoms with van der Waals surface area (Å²) in [6.07, 6.45) is 3.43. The predicted octanol–water partition coefficient (Wildman–Crippen LogP) is 4.23. The molecule has 4 rings (SSSR count). The summed E-state index contributed by atoms with van der Waals surface area (Å²) in [7, 11) is 0. The van der Waals surface area contributed by atoms with Crippen LogP contribution < -0.4 is 0 Å². The Labute approximate surface area is 200 Å². The summed E-state index contributed by atoms with van der Waals surface area (Å²) >= 11 is 0. The molecule has 1 fully saturated rings. The van der Waals surface area contributed by atoms with E-state index in [1.807, 2.05) is 43.5 Å². The molecule has 1 aromatic carbocycles. The molecule has 3 heterocycles. The van der Waals surface area contributed by atoms with Crippen LogP contribution >= 0.6 is 0 Å². The molecule has 0 aliphatic carbocycles. The van der Waals surface area contributed by atoms with Gasteiger partial charge in [0.15, 0.2) is 5.69 Å².